The third-order valence-electron chi connectivity index (χ3n) is 5.42. The molecule has 2 aliphatic rings. The molecule has 0 aliphatic carbocycles. The Labute approximate surface area is 179 Å². The fourth-order valence-electron chi connectivity index (χ4n) is 3.86. The number of hydrogen-bond donors (Lipinski definition) is 3. The minimum absolute atomic E-state index is 0.00352. The van der Waals surface area contributed by atoms with Crippen molar-refractivity contribution in [1.82, 2.24) is 15.5 Å². The number of methoxy groups -OCH3 is 1. The molecule has 3 N–H and O–H groups in total. The van der Waals surface area contributed by atoms with Gasteiger partial charge in [0.15, 0.2) is 5.54 Å². The number of anilines is 1. The van der Waals surface area contributed by atoms with Gasteiger partial charge in [-0.3, -0.25) is 14.9 Å². The zero-order valence-electron chi connectivity index (χ0n) is 17.0. The van der Waals surface area contributed by atoms with Gasteiger partial charge in [-0.15, -0.1) is 0 Å². The topological polar surface area (TPSA) is 99.8 Å². The minimum atomic E-state index is -1.38. The average molecular weight is 418 g/mol. The number of fused-ring (bicyclic) bond motifs is 1. The van der Waals surface area contributed by atoms with Crippen LogP contribution in [0.15, 0.2) is 67.4 Å². The third kappa shape index (κ3) is 3.63. The molecule has 0 bridgehead atoms. The van der Waals surface area contributed by atoms with E-state index < -0.39 is 17.5 Å². The van der Waals surface area contributed by atoms with Crippen molar-refractivity contribution in [2.75, 3.05) is 19.0 Å². The number of ether oxygens (including phenoxy) is 1. The molecule has 2 aromatic carbocycles. The molecule has 1 atom stereocenters. The van der Waals surface area contributed by atoms with Crippen LogP contribution < -0.4 is 20.7 Å². The lowest BCUT2D eigenvalue weighted by Gasteiger charge is -2.31. The van der Waals surface area contributed by atoms with Crippen molar-refractivity contribution in [2.24, 2.45) is 0 Å². The molecule has 8 nitrogen and oxygen atoms in total. The third-order valence-corrected chi connectivity index (χ3v) is 5.42. The van der Waals surface area contributed by atoms with Gasteiger partial charge < -0.3 is 20.3 Å². The van der Waals surface area contributed by atoms with Crippen LogP contribution in [-0.4, -0.2) is 36.4 Å². The minimum Gasteiger partial charge on any atom is -0.497 e. The van der Waals surface area contributed by atoms with Gasteiger partial charge in [0.25, 0.3) is 11.8 Å². The monoisotopic (exact) mass is 418 g/mol. The molecule has 2 aliphatic heterocycles. The van der Waals surface area contributed by atoms with E-state index in [1.807, 2.05) is 6.07 Å². The van der Waals surface area contributed by atoms with Crippen LogP contribution in [-0.2, 0) is 16.9 Å². The summed E-state index contributed by atoms with van der Waals surface area (Å²) in [5.41, 5.74) is 1.38. The first-order chi connectivity index (χ1) is 15.0. The van der Waals surface area contributed by atoms with E-state index in [0.29, 0.717) is 23.4 Å². The zero-order valence-corrected chi connectivity index (χ0v) is 17.0. The van der Waals surface area contributed by atoms with Gasteiger partial charge in [0.1, 0.15) is 5.75 Å². The van der Waals surface area contributed by atoms with Crippen LogP contribution in [0.3, 0.4) is 0 Å². The summed E-state index contributed by atoms with van der Waals surface area (Å²) in [5, 5.41) is 8.12. The first-order valence-electron chi connectivity index (χ1n) is 9.71. The van der Waals surface area contributed by atoms with Crippen LogP contribution >= 0.6 is 0 Å². The van der Waals surface area contributed by atoms with Crippen LogP contribution in [0.5, 0.6) is 5.75 Å². The molecular weight excluding hydrogens is 396 g/mol. The molecule has 8 heteroatoms. The molecule has 2 aromatic rings. The highest BCUT2D eigenvalue weighted by Crippen LogP contribution is 2.32. The van der Waals surface area contributed by atoms with Gasteiger partial charge in [-0.05, 0) is 47.5 Å². The van der Waals surface area contributed by atoms with Gasteiger partial charge in [-0.1, -0.05) is 24.8 Å². The second kappa shape index (κ2) is 7.98. The van der Waals surface area contributed by atoms with Crippen LogP contribution in [0.25, 0.3) is 0 Å². The lowest BCUT2D eigenvalue weighted by atomic mass is 9.89. The zero-order chi connectivity index (χ0) is 22.0. The summed E-state index contributed by atoms with van der Waals surface area (Å²) in [7, 11) is 1.56. The van der Waals surface area contributed by atoms with E-state index in [0.717, 1.165) is 11.3 Å². The van der Waals surface area contributed by atoms with Crippen molar-refractivity contribution in [1.29, 1.82) is 0 Å². The van der Waals surface area contributed by atoms with E-state index in [9.17, 15) is 14.4 Å². The fourth-order valence-corrected chi connectivity index (χ4v) is 3.86. The highest BCUT2D eigenvalue weighted by atomic mass is 16.5. The largest absolute Gasteiger partial charge is 0.497 e. The highest BCUT2D eigenvalue weighted by molar-refractivity contribution is 6.08. The number of rotatable bonds is 7. The molecule has 1 unspecified atom stereocenters. The molecule has 0 radical (unpaired) electrons. The molecule has 1 saturated heterocycles. The number of nitrogens with one attached hydrogen (secondary N) is 3. The lowest BCUT2D eigenvalue weighted by Crippen LogP contribution is -2.52. The molecular formula is C23H22N4O4. The van der Waals surface area contributed by atoms with Gasteiger partial charge in [0.05, 0.1) is 13.7 Å². The van der Waals surface area contributed by atoms with Crippen LogP contribution in [0.4, 0.5) is 10.5 Å². The van der Waals surface area contributed by atoms with Crippen molar-refractivity contribution in [3.8, 4) is 5.75 Å². The smallest absolute Gasteiger partial charge is 0.322 e. The van der Waals surface area contributed by atoms with E-state index >= 15 is 0 Å². The summed E-state index contributed by atoms with van der Waals surface area (Å²) >= 11 is 0. The Morgan fingerprint density at radius 1 is 1.19 bits per heavy atom. The predicted molar refractivity (Wildman–Crippen MR) is 115 cm³/mol. The maximum atomic E-state index is 13.0. The summed E-state index contributed by atoms with van der Waals surface area (Å²) < 4.78 is 5.24. The standard InChI is InChI=1S/C23H22N4O4/c1-3-4-11-24-17-7-5-16(6-8-17)23(21(29)25-22(30)26-23)14-27-13-15-12-18(31-2)9-10-19(15)20(27)28/h3-12,24H,1,13-14H2,2H3,(H2,25,26,29,30)/b11-4-. The number of amides is 4. The Balaban J connectivity index is 1.63. The van der Waals surface area contributed by atoms with E-state index in [-0.39, 0.29) is 12.5 Å². The van der Waals surface area contributed by atoms with Gasteiger partial charge in [-0.2, -0.15) is 0 Å². The molecule has 2 heterocycles. The SMILES string of the molecule is C=C/C=C\Nc1ccc(C2(CN3Cc4cc(OC)ccc4C3=O)NC(=O)NC2=O)cc1. The van der Waals surface area contributed by atoms with Crippen LogP contribution in [0.2, 0.25) is 0 Å². The van der Waals surface area contributed by atoms with Crippen molar-refractivity contribution in [2.45, 2.75) is 12.1 Å². The maximum absolute atomic E-state index is 13.0. The first kappa shape index (κ1) is 20.2. The molecule has 158 valence electrons. The number of hydrogen-bond acceptors (Lipinski definition) is 5. The molecule has 4 amide bonds. The molecule has 1 fully saturated rings. The summed E-state index contributed by atoms with van der Waals surface area (Å²) in [5.74, 6) is -0.0338. The van der Waals surface area contributed by atoms with Crippen molar-refractivity contribution < 1.29 is 19.1 Å². The Bertz CT molecular complexity index is 1090. The van der Waals surface area contributed by atoms with Gasteiger partial charge in [-0.25, -0.2) is 4.79 Å². The Kier molecular flexibility index (Phi) is 5.21. The van der Waals surface area contributed by atoms with Crippen molar-refractivity contribution >= 4 is 23.5 Å². The van der Waals surface area contributed by atoms with E-state index in [2.05, 4.69) is 22.5 Å². The number of carbonyl (C=O) groups excluding carboxylic acids is 3. The first-order valence-corrected chi connectivity index (χ1v) is 9.71. The van der Waals surface area contributed by atoms with Crippen LogP contribution in [0.1, 0.15) is 21.5 Å². The molecule has 0 aromatic heterocycles. The molecule has 31 heavy (non-hydrogen) atoms. The van der Waals surface area contributed by atoms with Gasteiger partial charge in [0, 0.05) is 24.0 Å². The maximum Gasteiger partial charge on any atom is 0.322 e. The summed E-state index contributed by atoms with van der Waals surface area (Å²) in [6.07, 6.45) is 5.14. The highest BCUT2D eigenvalue weighted by Gasteiger charge is 2.50. The second-order valence-electron chi connectivity index (χ2n) is 7.31. The fraction of sp³-hybridized carbons (Fsp3) is 0.174. The summed E-state index contributed by atoms with van der Waals surface area (Å²) in [6, 6.07) is 11.8. The Morgan fingerprint density at radius 3 is 2.61 bits per heavy atom. The average Bonchev–Trinajstić information content (AvgIpc) is 3.23. The van der Waals surface area contributed by atoms with Crippen molar-refractivity contribution in [3.05, 3.63) is 84.1 Å². The number of imide groups is 1. The quantitative estimate of drug-likeness (QED) is 0.474. The predicted octanol–water partition coefficient (Wildman–Crippen LogP) is 2.50. The Morgan fingerprint density at radius 2 is 1.97 bits per heavy atom. The van der Waals surface area contributed by atoms with Crippen LogP contribution in [0, 0.1) is 0 Å². The second-order valence-corrected chi connectivity index (χ2v) is 7.31. The van der Waals surface area contributed by atoms with Gasteiger partial charge in [0.2, 0.25) is 0 Å². The van der Waals surface area contributed by atoms with E-state index in [4.69, 9.17) is 4.74 Å². The van der Waals surface area contributed by atoms with E-state index in [1.54, 1.807) is 66.8 Å². The van der Waals surface area contributed by atoms with Crippen molar-refractivity contribution in [3.63, 3.8) is 0 Å². The normalized spacial score (nSPS) is 19.9. The number of carbonyl (C=O) groups is 3. The summed E-state index contributed by atoms with van der Waals surface area (Å²) in [6.45, 7) is 3.94. The summed E-state index contributed by atoms with van der Waals surface area (Å²) in [4.78, 5) is 39.5. The number of allylic oxidation sites excluding steroid dienone is 2. The molecule has 0 spiro atoms. The number of nitrogens with zero attached hydrogens (tertiary/aromatic N) is 1. The van der Waals surface area contributed by atoms with E-state index in [1.165, 1.54) is 0 Å². The molecule has 0 saturated carbocycles. The van der Waals surface area contributed by atoms with Gasteiger partial charge >= 0.3 is 6.03 Å². The Hall–Kier alpha value is -4.07. The number of urea groups is 1. The lowest BCUT2D eigenvalue weighted by molar-refractivity contribution is -0.124. The number of benzene rings is 2. The molecule has 4 rings (SSSR count).